The molecule has 2 rings (SSSR count). The molecule has 0 radical (unpaired) electrons. The Morgan fingerprint density at radius 3 is 2.29 bits per heavy atom. The van der Waals surface area contributed by atoms with Crippen molar-refractivity contribution in [2.24, 2.45) is 0 Å². The molecule has 0 aromatic heterocycles. The van der Waals surface area contributed by atoms with Gasteiger partial charge in [-0.05, 0) is 52.0 Å². The number of nitro benzene ring substituents is 1. The number of rotatable bonds is 6. The summed E-state index contributed by atoms with van der Waals surface area (Å²) in [5, 5.41) is 23.3. The maximum Gasteiger partial charge on any atom is 0.270 e. The summed E-state index contributed by atoms with van der Waals surface area (Å²) in [4.78, 5) is 37.2. The monoisotopic (exact) mass is 385 g/mol. The predicted molar refractivity (Wildman–Crippen MR) is 106 cm³/mol. The minimum atomic E-state index is -0.713. The zero-order chi connectivity index (χ0) is 21.0. The zero-order valence-corrected chi connectivity index (χ0v) is 16.2. The summed E-state index contributed by atoms with van der Waals surface area (Å²) >= 11 is 0. The van der Waals surface area contributed by atoms with E-state index in [9.17, 15) is 24.8 Å². The lowest BCUT2D eigenvalue weighted by atomic mass is 10.1. The first-order valence-corrected chi connectivity index (χ1v) is 8.83. The molecule has 28 heavy (non-hydrogen) atoms. The van der Waals surface area contributed by atoms with Crippen LogP contribution in [0.25, 0.3) is 0 Å². The Labute approximate surface area is 162 Å². The Bertz CT molecular complexity index is 900. The highest BCUT2D eigenvalue weighted by atomic mass is 16.6. The van der Waals surface area contributed by atoms with Crippen molar-refractivity contribution in [1.29, 1.82) is 0 Å². The average Bonchev–Trinajstić information content (AvgIpc) is 2.61. The molecule has 0 saturated heterocycles. The fourth-order valence-electron chi connectivity index (χ4n) is 2.96. The molecule has 0 aliphatic carbocycles. The minimum absolute atomic E-state index is 0.00700. The van der Waals surface area contributed by atoms with E-state index in [-0.39, 0.29) is 35.0 Å². The molecule has 0 aliphatic heterocycles. The Morgan fingerprint density at radius 1 is 1.07 bits per heavy atom. The maximum absolute atomic E-state index is 12.8. The highest BCUT2D eigenvalue weighted by Crippen LogP contribution is 2.24. The van der Waals surface area contributed by atoms with Crippen LogP contribution in [0.2, 0.25) is 0 Å². The lowest BCUT2D eigenvalue weighted by Gasteiger charge is -2.31. The molecule has 0 aliphatic rings. The van der Waals surface area contributed by atoms with Crippen molar-refractivity contribution < 1.29 is 19.6 Å². The Balaban J connectivity index is 2.28. The van der Waals surface area contributed by atoms with Gasteiger partial charge in [0, 0.05) is 35.5 Å². The number of carbonyl (C=O) groups excluding carboxylic acids is 2. The molecule has 2 N–H and O–H groups in total. The number of phenolic OH excluding ortho intramolecular Hbond substituents is 1. The maximum atomic E-state index is 12.8. The van der Waals surface area contributed by atoms with E-state index in [1.54, 1.807) is 23.1 Å². The van der Waals surface area contributed by atoms with Crippen LogP contribution in [0.15, 0.2) is 42.5 Å². The van der Waals surface area contributed by atoms with Crippen LogP contribution in [0.3, 0.4) is 0 Å². The molecule has 8 heteroatoms. The van der Waals surface area contributed by atoms with Gasteiger partial charge < -0.3 is 15.3 Å². The van der Waals surface area contributed by atoms with E-state index in [0.29, 0.717) is 11.3 Å². The number of amides is 2. The summed E-state index contributed by atoms with van der Waals surface area (Å²) in [7, 11) is 0. The van der Waals surface area contributed by atoms with Crippen molar-refractivity contribution in [3.05, 3.63) is 63.7 Å². The molecule has 0 bridgehead atoms. The van der Waals surface area contributed by atoms with E-state index in [2.05, 4.69) is 5.32 Å². The Kier molecular flexibility index (Phi) is 6.35. The summed E-state index contributed by atoms with van der Waals surface area (Å²) in [6.07, 6.45) is 0. The molecule has 0 heterocycles. The van der Waals surface area contributed by atoms with E-state index in [0.717, 1.165) is 18.2 Å². The highest BCUT2D eigenvalue weighted by molar-refractivity contribution is 6.07. The van der Waals surface area contributed by atoms with E-state index in [1.165, 1.54) is 6.07 Å². The standard InChI is InChI=1S/C20H23N3O5/c1-12(2)22(13(3)4)20(26)14-6-5-7-15(10-14)21-19(25)17-11-16(23(27)28)8-9-18(17)24/h5-13,24H,1-4H3,(H,21,25). The number of nitrogens with one attached hydrogen (secondary N) is 1. The molecule has 0 unspecified atom stereocenters. The predicted octanol–water partition coefficient (Wildman–Crippen LogP) is 3.81. The first kappa shape index (κ1) is 20.9. The van der Waals surface area contributed by atoms with Crippen LogP contribution < -0.4 is 5.32 Å². The fourth-order valence-corrected chi connectivity index (χ4v) is 2.96. The van der Waals surface area contributed by atoms with Crippen molar-refractivity contribution in [2.75, 3.05) is 5.32 Å². The van der Waals surface area contributed by atoms with Gasteiger partial charge in [0.1, 0.15) is 5.75 Å². The van der Waals surface area contributed by atoms with Gasteiger partial charge in [-0.3, -0.25) is 19.7 Å². The number of benzene rings is 2. The quantitative estimate of drug-likeness (QED) is 0.580. The molecule has 148 valence electrons. The van der Waals surface area contributed by atoms with Crippen LogP contribution in [-0.2, 0) is 0 Å². The third-order valence-corrected chi connectivity index (χ3v) is 4.15. The topological polar surface area (TPSA) is 113 Å². The highest BCUT2D eigenvalue weighted by Gasteiger charge is 2.22. The average molecular weight is 385 g/mol. The Hall–Kier alpha value is -3.42. The van der Waals surface area contributed by atoms with Gasteiger partial charge >= 0.3 is 0 Å². The molecule has 0 fully saturated rings. The van der Waals surface area contributed by atoms with E-state index in [4.69, 9.17) is 0 Å². The van der Waals surface area contributed by atoms with Gasteiger partial charge in [0.15, 0.2) is 0 Å². The summed E-state index contributed by atoms with van der Waals surface area (Å²) in [6, 6.07) is 9.63. The van der Waals surface area contributed by atoms with Crippen molar-refractivity contribution in [3.8, 4) is 5.75 Å². The molecular formula is C20H23N3O5. The number of hydrogen-bond acceptors (Lipinski definition) is 5. The molecule has 8 nitrogen and oxygen atoms in total. The lowest BCUT2D eigenvalue weighted by Crippen LogP contribution is -2.42. The normalized spacial score (nSPS) is 10.8. The number of anilines is 1. The van der Waals surface area contributed by atoms with E-state index >= 15 is 0 Å². The van der Waals surface area contributed by atoms with E-state index in [1.807, 2.05) is 27.7 Å². The van der Waals surface area contributed by atoms with Gasteiger partial charge in [0.2, 0.25) is 0 Å². The first-order chi connectivity index (χ1) is 13.1. The third-order valence-electron chi connectivity index (χ3n) is 4.15. The van der Waals surface area contributed by atoms with Crippen LogP contribution in [0, 0.1) is 10.1 Å². The van der Waals surface area contributed by atoms with Crippen LogP contribution in [0.5, 0.6) is 5.75 Å². The SMILES string of the molecule is CC(C)N(C(=O)c1cccc(NC(=O)c2cc([N+](=O)[O-])ccc2O)c1)C(C)C. The Morgan fingerprint density at radius 2 is 1.71 bits per heavy atom. The smallest absolute Gasteiger partial charge is 0.270 e. The van der Waals surface area contributed by atoms with Crippen molar-refractivity contribution >= 4 is 23.2 Å². The summed E-state index contributed by atoms with van der Waals surface area (Å²) < 4.78 is 0. The van der Waals surface area contributed by atoms with Gasteiger partial charge in [-0.25, -0.2) is 0 Å². The van der Waals surface area contributed by atoms with Gasteiger partial charge in [-0.1, -0.05) is 6.07 Å². The summed E-state index contributed by atoms with van der Waals surface area (Å²) in [5.41, 5.74) is 0.214. The number of non-ortho nitro benzene ring substituents is 1. The van der Waals surface area contributed by atoms with Crippen LogP contribution >= 0.6 is 0 Å². The van der Waals surface area contributed by atoms with Gasteiger partial charge in [-0.15, -0.1) is 0 Å². The second-order valence-electron chi connectivity index (χ2n) is 6.89. The molecular weight excluding hydrogens is 362 g/mol. The van der Waals surface area contributed by atoms with E-state index < -0.39 is 10.8 Å². The van der Waals surface area contributed by atoms with Gasteiger partial charge in [0.05, 0.1) is 10.5 Å². The molecule has 2 aromatic rings. The lowest BCUT2D eigenvalue weighted by molar-refractivity contribution is -0.384. The zero-order valence-electron chi connectivity index (χ0n) is 16.2. The number of carbonyl (C=O) groups is 2. The number of aromatic hydroxyl groups is 1. The van der Waals surface area contributed by atoms with Gasteiger partial charge in [0.25, 0.3) is 17.5 Å². The number of phenols is 1. The molecule has 0 spiro atoms. The minimum Gasteiger partial charge on any atom is -0.507 e. The third kappa shape index (κ3) is 4.64. The number of nitrogens with zero attached hydrogens (tertiary/aromatic N) is 2. The molecule has 2 amide bonds. The van der Waals surface area contributed by atoms with Crippen molar-refractivity contribution in [3.63, 3.8) is 0 Å². The second-order valence-corrected chi connectivity index (χ2v) is 6.89. The number of hydrogen-bond donors (Lipinski definition) is 2. The first-order valence-electron chi connectivity index (χ1n) is 8.83. The fraction of sp³-hybridized carbons (Fsp3) is 0.300. The van der Waals surface area contributed by atoms with Crippen molar-refractivity contribution in [2.45, 2.75) is 39.8 Å². The van der Waals surface area contributed by atoms with Crippen LogP contribution in [0.1, 0.15) is 48.4 Å². The summed E-state index contributed by atoms with van der Waals surface area (Å²) in [6.45, 7) is 7.70. The molecule has 2 aromatic carbocycles. The largest absolute Gasteiger partial charge is 0.507 e. The van der Waals surface area contributed by atoms with Crippen molar-refractivity contribution in [1.82, 2.24) is 4.90 Å². The molecule has 0 atom stereocenters. The van der Waals surface area contributed by atoms with Crippen LogP contribution in [0.4, 0.5) is 11.4 Å². The van der Waals surface area contributed by atoms with Gasteiger partial charge in [-0.2, -0.15) is 0 Å². The summed E-state index contributed by atoms with van der Waals surface area (Å²) in [5.74, 6) is -1.25. The molecule has 0 saturated carbocycles. The second kappa shape index (κ2) is 8.51. The number of nitro groups is 1. The van der Waals surface area contributed by atoms with Crippen LogP contribution in [-0.4, -0.2) is 38.8 Å².